The van der Waals surface area contributed by atoms with E-state index in [2.05, 4.69) is 33.4 Å². The van der Waals surface area contributed by atoms with Crippen molar-refractivity contribution >= 4 is 29.8 Å². The van der Waals surface area contributed by atoms with E-state index in [1.165, 1.54) is 14.2 Å². The fourth-order valence-electron chi connectivity index (χ4n) is 6.31. The molecule has 1 amide bonds. The van der Waals surface area contributed by atoms with Crippen molar-refractivity contribution in [3.63, 3.8) is 0 Å². The predicted molar refractivity (Wildman–Crippen MR) is 215 cm³/mol. The fourth-order valence-corrected chi connectivity index (χ4v) is 6.31. The van der Waals surface area contributed by atoms with Gasteiger partial charge in [-0.05, 0) is 84.8 Å². The maximum atomic E-state index is 13.1. The monoisotopic (exact) mass is 769 g/mol. The largest absolute Gasteiger partial charge is 0.469 e. The van der Waals surface area contributed by atoms with E-state index >= 15 is 0 Å². The first-order valence-electron chi connectivity index (χ1n) is 21.6. The van der Waals surface area contributed by atoms with E-state index in [1.807, 2.05) is 0 Å². The van der Waals surface area contributed by atoms with Crippen molar-refractivity contribution in [1.29, 1.82) is 0 Å². The minimum Gasteiger partial charge on any atom is -0.469 e. The lowest BCUT2D eigenvalue weighted by molar-refractivity contribution is -0.144. The maximum Gasteiger partial charge on any atom is 0.305 e. The molecule has 0 saturated carbocycles. The summed E-state index contributed by atoms with van der Waals surface area (Å²) in [7, 11) is 6.96. The van der Waals surface area contributed by atoms with Crippen molar-refractivity contribution in [2.75, 3.05) is 61.2 Å². The summed E-state index contributed by atoms with van der Waals surface area (Å²) < 4.78 is 20.1. The third-order valence-electron chi connectivity index (χ3n) is 9.75. The lowest BCUT2D eigenvalue weighted by Crippen LogP contribution is -2.33. The van der Waals surface area contributed by atoms with Gasteiger partial charge in [-0.2, -0.15) is 0 Å². The number of amides is 1. The third kappa shape index (κ3) is 36.3. The summed E-state index contributed by atoms with van der Waals surface area (Å²) in [6.07, 6.45) is 26.2. The number of unbranched alkanes of at least 4 members (excludes halogenated alkanes) is 19. The van der Waals surface area contributed by atoms with E-state index in [0.29, 0.717) is 45.3 Å². The topological polar surface area (TPSA) is 129 Å². The average Bonchev–Trinajstić information content (AvgIpc) is 3.15. The zero-order valence-corrected chi connectivity index (χ0v) is 35.1. The molecule has 0 aliphatic heterocycles. The van der Waals surface area contributed by atoms with Crippen molar-refractivity contribution in [3.8, 4) is 0 Å². The normalized spacial score (nSPS) is 11.1. The van der Waals surface area contributed by atoms with Crippen molar-refractivity contribution in [2.24, 2.45) is 0 Å². The van der Waals surface area contributed by atoms with E-state index < -0.39 is 0 Å². The number of esters is 4. The quantitative estimate of drug-likeness (QED) is 0.0339. The first-order chi connectivity index (χ1) is 26.2. The molecular formula is C43H80N2O9. The smallest absolute Gasteiger partial charge is 0.305 e. The molecule has 0 aromatic rings. The SMILES string of the molecule is COC(=O)CCCCCCCCOC(=O)CCCCCCCN(CCCCCCCC(=O)OCCCCCCCCC(=O)OC)C(=O)CCCCN(C)C. The van der Waals surface area contributed by atoms with Crippen LogP contribution in [0.3, 0.4) is 0 Å². The second-order valence-corrected chi connectivity index (χ2v) is 15.0. The van der Waals surface area contributed by atoms with Crippen LogP contribution in [-0.4, -0.2) is 101 Å². The lowest BCUT2D eigenvalue weighted by atomic mass is 10.1. The van der Waals surface area contributed by atoms with Crippen molar-refractivity contribution < 1.29 is 42.9 Å². The molecule has 0 bridgehead atoms. The van der Waals surface area contributed by atoms with Crippen LogP contribution in [0.25, 0.3) is 0 Å². The number of carbonyl (C=O) groups is 5. The Kier molecular flexibility index (Phi) is 36.7. The molecule has 0 aliphatic carbocycles. The molecule has 0 aromatic heterocycles. The number of methoxy groups -OCH3 is 2. The molecular weight excluding hydrogens is 688 g/mol. The summed E-state index contributed by atoms with van der Waals surface area (Å²) in [4.78, 5) is 63.7. The van der Waals surface area contributed by atoms with Crippen LogP contribution in [0.1, 0.15) is 186 Å². The van der Waals surface area contributed by atoms with Crippen LogP contribution >= 0.6 is 0 Å². The highest BCUT2D eigenvalue weighted by molar-refractivity contribution is 5.76. The molecule has 0 radical (unpaired) electrons. The molecule has 0 fully saturated rings. The first kappa shape index (κ1) is 51.3. The maximum absolute atomic E-state index is 13.1. The summed E-state index contributed by atoms with van der Waals surface area (Å²) in [6.45, 7) is 3.55. The van der Waals surface area contributed by atoms with E-state index in [9.17, 15) is 24.0 Å². The molecule has 54 heavy (non-hydrogen) atoms. The average molecular weight is 769 g/mol. The van der Waals surface area contributed by atoms with Crippen molar-refractivity contribution in [2.45, 2.75) is 186 Å². The van der Waals surface area contributed by atoms with Gasteiger partial charge < -0.3 is 28.7 Å². The first-order valence-corrected chi connectivity index (χ1v) is 21.6. The Bertz CT molecular complexity index is 884. The van der Waals surface area contributed by atoms with Crippen LogP contribution < -0.4 is 0 Å². The Morgan fingerprint density at radius 3 is 1.02 bits per heavy atom. The number of ether oxygens (including phenoxy) is 4. The molecule has 0 aliphatic rings. The van der Waals surface area contributed by atoms with Gasteiger partial charge in [0.15, 0.2) is 0 Å². The second kappa shape index (κ2) is 38.6. The van der Waals surface area contributed by atoms with Gasteiger partial charge >= 0.3 is 23.9 Å². The molecule has 0 unspecified atom stereocenters. The minimum absolute atomic E-state index is 0.108. The van der Waals surface area contributed by atoms with Gasteiger partial charge in [0, 0.05) is 45.2 Å². The number of rotatable bonds is 39. The zero-order valence-electron chi connectivity index (χ0n) is 35.1. The molecule has 0 saturated heterocycles. The molecule has 11 heteroatoms. The van der Waals surface area contributed by atoms with Gasteiger partial charge in [-0.3, -0.25) is 24.0 Å². The Labute approximate surface area is 329 Å². The summed E-state index contributed by atoms with van der Waals surface area (Å²) in [6, 6.07) is 0. The van der Waals surface area contributed by atoms with Gasteiger partial charge in [-0.1, -0.05) is 89.9 Å². The highest BCUT2D eigenvalue weighted by atomic mass is 16.5. The minimum atomic E-state index is -0.146. The van der Waals surface area contributed by atoms with Gasteiger partial charge in [-0.25, -0.2) is 0 Å². The van der Waals surface area contributed by atoms with Gasteiger partial charge in [0.1, 0.15) is 0 Å². The predicted octanol–water partition coefficient (Wildman–Crippen LogP) is 9.12. The summed E-state index contributed by atoms with van der Waals surface area (Å²) in [5, 5.41) is 0. The number of hydrogen-bond donors (Lipinski definition) is 0. The van der Waals surface area contributed by atoms with Gasteiger partial charge in [0.2, 0.25) is 5.91 Å². The lowest BCUT2D eigenvalue weighted by Gasteiger charge is -2.23. The number of hydrogen-bond acceptors (Lipinski definition) is 10. The summed E-state index contributed by atoms with van der Waals surface area (Å²) in [5.41, 5.74) is 0. The molecule has 11 nitrogen and oxygen atoms in total. The highest BCUT2D eigenvalue weighted by Gasteiger charge is 2.13. The molecule has 0 spiro atoms. The van der Waals surface area contributed by atoms with Crippen LogP contribution in [0.4, 0.5) is 0 Å². The van der Waals surface area contributed by atoms with Crippen LogP contribution in [0.5, 0.6) is 0 Å². The standard InChI is InChI=1S/C43H80N2O9/c1-44(2)34-26-23-29-39(46)45(35-24-15-9-13-21-32-42(49)53-37-27-17-7-5-11-19-30-40(47)51-3)36-25-16-10-14-22-33-43(50)54-38-28-18-8-6-12-20-31-41(48)52-4/h5-38H2,1-4H3. The van der Waals surface area contributed by atoms with Gasteiger partial charge in [0.05, 0.1) is 27.4 Å². The molecule has 0 N–H and O–H groups in total. The van der Waals surface area contributed by atoms with Crippen LogP contribution in [0.15, 0.2) is 0 Å². The zero-order chi connectivity index (χ0) is 39.9. The molecule has 0 atom stereocenters. The van der Waals surface area contributed by atoms with Crippen molar-refractivity contribution in [1.82, 2.24) is 9.80 Å². The van der Waals surface area contributed by atoms with Gasteiger partial charge in [-0.15, -0.1) is 0 Å². The Balaban J connectivity index is 4.03. The Morgan fingerprint density at radius 2 is 0.648 bits per heavy atom. The van der Waals surface area contributed by atoms with Crippen LogP contribution in [-0.2, 0) is 42.9 Å². The fraction of sp³-hybridized carbons (Fsp3) is 0.884. The summed E-state index contributed by atoms with van der Waals surface area (Å²) >= 11 is 0. The van der Waals surface area contributed by atoms with Gasteiger partial charge in [0.25, 0.3) is 0 Å². The molecule has 0 rings (SSSR count). The molecule has 0 heterocycles. The second-order valence-electron chi connectivity index (χ2n) is 15.0. The van der Waals surface area contributed by atoms with E-state index in [4.69, 9.17) is 9.47 Å². The number of carbonyl (C=O) groups excluding carboxylic acids is 5. The van der Waals surface area contributed by atoms with E-state index in [1.54, 1.807) is 0 Å². The molecule has 0 aromatic carbocycles. The van der Waals surface area contributed by atoms with E-state index in [-0.39, 0.29) is 29.8 Å². The van der Waals surface area contributed by atoms with Crippen molar-refractivity contribution in [3.05, 3.63) is 0 Å². The number of nitrogens with zero attached hydrogens (tertiary/aromatic N) is 2. The third-order valence-corrected chi connectivity index (χ3v) is 9.75. The molecule has 316 valence electrons. The highest BCUT2D eigenvalue weighted by Crippen LogP contribution is 2.13. The summed E-state index contributed by atoms with van der Waals surface area (Å²) in [5.74, 6) is -0.248. The van der Waals surface area contributed by atoms with Crippen LogP contribution in [0, 0.1) is 0 Å². The Morgan fingerprint density at radius 1 is 0.352 bits per heavy atom. The van der Waals surface area contributed by atoms with Crippen LogP contribution in [0.2, 0.25) is 0 Å². The van der Waals surface area contributed by atoms with E-state index in [0.717, 1.165) is 174 Å². The Hall–Kier alpha value is -2.69.